The maximum atomic E-state index is 11.1. The number of piperidine rings is 1. The Hall–Kier alpha value is -1.75. The zero-order valence-corrected chi connectivity index (χ0v) is 11.0. The Morgan fingerprint density at radius 2 is 2.21 bits per heavy atom. The molecule has 2 unspecified atom stereocenters. The number of hydrogen-bond acceptors (Lipinski definition) is 3. The molecule has 0 bridgehead atoms. The van der Waals surface area contributed by atoms with Gasteiger partial charge in [-0.25, -0.2) is 4.79 Å². The van der Waals surface area contributed by atoms with Gasteiger partial charge in [-0.15, -0.1) is 0 Å². The second-order valence-corrected chi connectivity index (χ2v) is 4.78. The smallest absolute Gasteiger partial charge is 0.407 e. The second kappa shape index (κ2) is 5.93. The number of para-hydroxylation sites is 1. The third-order valence-corrected chi connectivity index (χ3v) is 3.75. The lowest BCUT2D eigenvalue weighted by atomic mass is 9.85. The van der Waals surface area contributed by atoms with Crippen LogP contribution in [0.15, 0.2) is 24.3 Å². The molecule has 19 heavy (non-hydrogen) atoms. The molecule has 1 aromatic carbocycles. The first-order chi connectivity index (χ1) is 9.17. The van der Waals surface area contributed by atoms with Gasteiger partial charge in [-0.1, -0.05) is 18.2 Å². The van der Waals surface area contributed by atoms with E-state index in [1.54, 1.807) is 7.11 Å². The molecule has 1 amide bonds. The lowest BCUT2D eigenvalue weighted by Crippen LogP contribution is -2.46. The highest BCUT2D eigenvalue weighted by molar-refractivity contribution is 5.65. The van der Waals surface area contributed by atoms with Crippen LogP contribution >= 0.6 is 0 Å². The van der Waals surface area contributed by atoms with Crippen molar-refractivity contribution in [1.29, 1.82) is 0 Å². The largest absolute Gasteiger partial charge is 0.496 e. The zero-order chi connectivity index (χ0) is 13.8. The van der Waals surface area contributed by atoms with Crippen LogP contribution in [0.25, 0.3) is 0 Å². The van der Waals surface area contributed by atoms with E-state index < -0.39 is 6.09 Å². The summed E-state index contributed by atoms with van der Waals surface area (Å²) in [6, 6.07) is 7.45. The van der Waals surface area contributed by atoms with Gasteiger partial charge in [0.25, 0.3) is 0 Å². The van der Waals surface area contributed by atoms with Crippen LogP contribution < -0.4 is 4.74 Å². The maximum Gasteiger partial charge on any atom is 0.407 e. The molecule has 1 heterocycles. The number of ether oxygens (including phenoxy) is 1. The fourth-order valence-corrected chi connectivity index (χ4v) is 2.76. The SMILES string of the molecule is COc1ccccc1C1CCN(C(=O)O)C(CO)C1. The molecule has 104 valence electrons. The molecule has 0 aliphatic carbocycles. The molecule has 2 rings (SSSR count). The summed E-state index contributed by atoms with van der Waals surface area (Å²) in [7, 11) is 1.63. The summed E-state index contributed by atoms with van der Waals surface area (Å²) in [6.07, 6.45) is 0.421. The molecule has 1 aromatic rings. The molecule has 5 nitrogen and oxygen atoms in total. The van der Waals surface area contributed by atoms with Crippen LogP contribution in [0.4, 0.5) is 4.79 Å². The molecular formula is C14H19NO4. The van der Waals surface area contributed by atoms with Gasteiger partial charge in [0.1, 0.15) is 5.75 Å². The zero-order valence-electron chi connectivity index (χ0n) is 11.0. The highest BCUT2D eigenvalue weighted by atomic mass is 16.5. The molecule has 1 aliphatic heterocycles. The predicted octanol–water partition coefficient (Wildman–Crippen LogP) is 1.91. The third-order valence-electron chi connectivity index (χ3n) is 3.75. The van der Waals surface area contributed by atoms with Crippen molar-refractivity contribution in [2.45, 2.75) is 24.8 Å². The fourth-order valence-electron chi connectivity index (χ4n) is 2.76. The fraction of sp³-hybridized carbons (Fsp3) is 0.500. The van der Waals surface area contributed by atoms with Crippen LogP contribution in [0.5, 0.6) is 5.75 Å². The minimum Gasteiger partial charge on any atom is -0.496 e. The minimum absolute atomic E-state index is 0.141. The molecule has 0 radical (unpaired) electrons. The molecule has 5 heteroatoms. The molecule has 2 atom stereocenters. The number of carboxylic acid groups (broad SMARTS) is 1. The molecule has 1 aliphatic rings. The lowest BCUT2D eigenvalue weighted by molar-refractivity contribution is 0.0715. The van der Waals surface area contributed by atoms with Crippen LogP contribution in [0.1, 0.15) is 24.3 Å². The molecule has 2 N–H and O–H groups in total. The number of likely N-dealkylation sites (tertiary alicyclic amines) is 1. The normalized spacial score (nSPS) is 23.2. The molecule has 0 spiro atoms. The second-order valence-electron chi connectivity index (χ2n) is 4.78. The van der Waals surface area contributed by atoms with E-state index in [2.05, 4.69) is 0 Å². The van der Waals surface area contributed by atoms with Gasteiger partial charge in [0.15, 0.2) is 0 Å². The third kappa shape index (κ3) is 2.81. The average molecular weight is 265 g/mol. The number of aliphatic hydroxyl groups excluding tert-OH is 1. The molecule has 1 saturated heterocycles. The summed E-state index contributed by atoms with van der Waals surface area (Å²) in [5, 5.41) is 18.5. The summed E-state index contributed by atoms with van der Waals surface area (Å²) in [5.74, 6) is 1.05. The highest BCUT2D eigenvalue weighted by Gasteiger charge is 2.32. The summed E-state index contributed by atoms with van der Waals surface area (Å²) in [5.41, 5.74) is 1.09. The number of benzene rings is 1. The first kappa shape index (κ1) is 13.7. The molecule has 0 aromatic heterocycles. The van der Waals surface area contributed by atoms with E-state index >= 15 is 0 Å². The van der Waals surface area contributed by atoms with Crippen molar-refractivity contribution in [2.75, 3.05) is 20.3 Å². The number of methoxy groups -OCH3 is 1. The van der Waals surface area contributed by atoms with Crippen LogP contribution in [0.3, 0.4) is 0 Å². The maximum absolute atomic E-state index is 11.1. The monoisotopic (exact) mass is 265 g/mol. The van der Waals surface area contributed by atoms with Gasteiger partial charge < -0.3 is 19.8 Å². The molecule has 1 fully saturated rings. The van der Waals surface area contributed by atoms with E-state index in [4.69, 9.17) is 9.84 Å². The van der Waals surface area contributed by atoms with Gasteiger partial charge in [0.2, 0.25) is 0 Å². The first-order valence-corrected chi connectivity index (χ1v) is 6.40. The van der Waals surface area contributed by atoms with Gasteiger partial charge in [0.05, 0.1) is 19.8 Å². The number of nitrogens with zero attached hydrogens (tertiary/aromatic N) is 1. The Labute approximate surface area is 112 Å². The predicted molar refractivity (Wildman–Crippen MR) is 70.6 cm³/mol. The molecule has 0 saturated carbocycles. The average Bonchev–Trinajstić information content (AvgIpc) is 2.46. The summed E-state index contributed by atoms with van der Waals surface area (Å²) in [4.78, 5) is 12.4. The Morgan fingerprint density at radius 3 is 2.84 bits per heavy atom. The Balaban J connectivity index is 2.17. The number of rotatable bonds is 3. The summed E-state index contributed by atoms with van der Waals surface area (Å²) >= 11 is 0. The van der Waals surface area contributed by atoms with Crippen molar-refractivity contribution in [3.63, 3.8) is 0 Å². The van der Waals surface area contributed by atoms with Crippen LogP contribution in [-0.2, 0) is 0 Å². The van der Waals surface area contributed by atoms with Gasteiger partial charge >= 0.3 is 6.09 Å². The number of amides is 1. The van der Waals surface area contributed by atoms with Gasteiger partial charge in [-0.2, -0.15) is 0 Å². The van der Waals surface area contributed by atoms with E-state index in [0.29, 0.717) is 13.0 Å². The van der Waals surface area contributed by atoms with E-state index in [9.17, 15) is 9.90 Å². The van der Waals surface area contributed by atoms with E-state index in [0.717, 1.165) is 17.7 Å². The van der Waals surface area contributed by atoms with Crippen LogP contribution in [0.2, 0.25) is 0 Å². The summed E-state index contributed by atoms with van der Waals surface area (Å²) in [6.45, 7) is 0.307. The van der Waals surface area contributed by atoms with Crippen molar-refractivity contribution in [3.05, 3.63) is 29.8 Å². The quantitative estimate of drug-likeness (QED) is 0.876. The number of aliphatic hydroxyl groups is 1. The van der Waals surface area contributed by atoms with Gasteiger partial charge in [-0.05, 0) is 30.4 Å². The van der Waals surface area contributed by atoms with Crippen molar-refractivity contribution in [1.82, 2.24) is 4.90 Å². The molecular weight excluding hydrogens is 246 g/mol. The lowest BCUT2D eigenvalue weighted by Gasteiger charge is -2.37. The summed E-state index contributed by atoms with van der Waals surface area (Å²) < 4.78 is 5.35. The van der Waals surface area contributed by atoms with E-state index in [1.807, 2.05) is 24.3 Å². The van der Waals surface area contributed by atoms with Crippen molar-refractivity contribution < 1.29 is 19.7 Å². The van der Waals surface area contributed by atoms with Crippen molar-refractivity contribution in [3.8, 4) is 5.75 Å². The standard InChI is InChI=1S/C14H19NO4/c1-19-13-5-3-2-4-12(13)10-6-7-15(14(17)18)11(8-10)9-16/h2-5,10-11,16H,6-9H2,1H3,(H,17,18). The highest BCUT2D eigenvalue weighted by Crippen LogP contribution is 2.36. The van der Waals surface area contributed by atoms with Gasteiger partial charge in [-0.3, -0.25) is 0 Å². The Bertz CT molecular complexity index is 449. The minimum atomic E-state index is -0.961. The van der Waals surface area contributed by atoms with Gasteiger partial charge in [0, 0.05) is 6.54 Å². The first-order valence-electron chi connectivity index (χ1n) is 6.40. The Kier molecular flexibility index (Phi) is 4.27. The topological polar surface area (TPSA) is 70.0 Å². The van der Waals surface area contributed by atoms with Crippen molar-refractivity contribution in [2.24, 2.45) is 0 Å². The van der Waals surface area contributed by atoms with Crippen LogP contribution in [0, 0.1) is 0 Å². The van der Waals surface area contributed by atoms with Crippen molar-refractivity contribution >= 4 is 6.09 Å². The Morgan fingerprint density at radius 1 is 1.47 bits per heavy atom. The number of carbonyl (C=O) groups is 1. The number of hydrogen-bond donors (Lipinski definition) is 2. The van der Waals surface area contributed by atoms with E-state index in [1.165, 1.54) is 4.90 Å². The van der Waals surface area contributed by atoms with Crippen LogP contribution in [-0.4, -0.2) is 47.5 Å². The van der Waals surface area contributed by atoms with E-state index in [-0.39, 0.29) is 18.6 Å².